The second kappa shape index (κ2) is 5.02. The molecule has 1 N–H and O–H groups in total. The molecule has 2 aromatic carbocycles. The van der Waals surface area contributed by atoms with Gasteiger partial charge in [0.2, 0.25) is 0 Å². The Bertz CT molecular complexity index is 835. The van der Waals surface area contributed by atoms with Gasteiger partial charge in [-0.15, -0.1) is 0 Å². The third kappa shape index (κ3) is 2.19. The number of fused-ring (bicyclic) bond motifs is 1. The van der Waals surface area contributed by atoms with Gasteiger partial charge in [0.25, 0.3) is 0 Å². The van der Waals surface area contributed by atoms with E-state index in [-0.39, 0.29) is 0 Å². The Morgan fingerprint density at radius 2 is 2.00 bits per heavy atom. The van der Waals surface area contributed by atoms with Crippen molar-refractivity contribution in [3.05, 3.63) is 65.4 Å². The van der Waals surface area contributed by atoms with Gasteiger partial charge in [-0.2, -0.15) is 5.26 Å². The largest absolute Gasteiger partial charge is 0.358 e. The SMILES string of the molecule is Cc1[nH]c2ccccc2c1C=Nc1cccc(C#N)c1. The van der Waals surface area contributed by atoms with Crippen molar-refractivity contribution in [2.24, 2.45) is 4.99 Å². The Morgan fingerprint density at radius 3 is 2.85 bits per heavy atom. The molecule has 0 bridgehead atoms. The lowest BCUT2D eigenvalue weighted by atomic mass is 10.1. The third-order valence-electron chi connectivity index (χ3n) is 3.26. The fraction of sp³-hybridized carbons (Fsp3) is 0.0588. The van der Waals surface area contributed by atoms with Crippen LogP contribution in [-0.4, -0.2) is 11.2 Å². The number of aromatic nitrogens is 1. The Hall–Kier alpha value is -2.86. The summed E-state index contributed by atoms with van der Waals surface area (Å²) in [5, 5.41) is 10.1. The second-order valence-corrected chi connectivity index (χ2v) is 4.63. The normalized spacial score (nSPS) is 11.0. The van der Waals surface area contributed by atoms with Crippen molar-refractivity contribution >= 4 is 22.8 Å². The molecule has 96 valence electrons. The molecule has 0 radical (unpaired) electrons. The molecule has 0 spiro atoms. The molecule has 3 heteroatoms. The van der Waals surface area contributed by atoms with Crippen LogP contribution in [0.1, 0.15) is 16.8 Å². The van der Waals surface area contributed by atoms with Crippen LogP contribution in [0.3, 0.4) is 0 Å². The number of hydrogen-bond acceptors (Lipinski definition) is 2. The number of H-pyrrole nitrogens is 1. The Morgan fingerprint density at radius 1 is 1.15 bits per heavy atom. The molecule has 0 amide bonds. The van der Waals surface area contributed by atoms with E-state index in [4.69, 9.17) is 5.26 Å². The smallest absolute Gasteiger partial charge is 0.0992 e. The van der Waals surface area contributed by atoms with Crippen molar-refractivity contribution < 1.29 is 0 Å². The first-order valence-electron chi connectivity index (χ1n) is 6.39. The number of benzene rings is 2. The van der Waals surface area contributed by atoms with Crippen LogP contribution >= 0.6 is 0 Å². The van der Waals surface area contributed by atoms with Crippen molar-refractivity contribution in [1.29, 1.82) is 5.26 Å². The minimum absolute atomic E-state index is 0.621. The maximum Gasteiger partial charge on any atom is 0.0992 e. The van der Waals surface area contributed by atoms with Crippen LogP contribution < -0.4 is 0 Å². The Kier molecular flexibility index (Phi) is 3.06. The van der Waals surface area contributed by atoms with E-state index in [1.807, 2.05) is 37.4 Å². The number of aryl methyl sites for hydroxylation is 1. The molecule has 3 nitrogen and oxygen atoms in total. The fourth-order valence-electron chi connectivity index (χ4n) is 2.26. The quantitative estimate of drug-likeness (QED) is 0.692. The molecule has 0 aliphatic rings. The van der Waals surface area contributed by atoms with Crippen molar-refractivity contribution in [2.45, 2.75) is 6.92 Å². The van der Waals surface area contributed by atoms with Gasteiger partial charge >= 0.3 is 0 Å². The van der Waals surface area contributed by atoms with Crippen LogP contribution in [0.2, 0.25) is 0 Å². The molecular weight excluding hydrogens is 246 g/mol. The Balaban J connectivity index is 2.02. The highest BCUT2D eigenvalue weighted by Gasteiger charge is 2.05. The zero-order chi connectivity index (χ0) is 13.9. The van der Waals surface area contributed by atoms with Gasteiger partial charge in [0, 0.05) is 28.4 Å². The first-order valence-corrected chi connectivity index (χ1v) is 6.39. The highest BCUT2D eigenvalue weighted by molar-refractivity contribution is 6.01. The summed E-state index contributed by atoms with van der Waals surface area (Å²) >= 11 is 0. The monoisotopic (exact) mass is 259 g/mol. The predicted molar refractivity (Wildman–Crippen MR) is 81.4 cm³/mol. The molecule has 3 rings (SSSR count). The highest BCUT2D eigenvalue weighted by atomic mass is 14.7. The molecule has 3 aromatic rings. The van der Waals surface area contributed by atoms with E-state index in [9.17, 15) is 0 Å². The summed E-state index contributed by atoms with van der Waals surface area (Å²) in [4.78, 5) is 7.81. The van der Waals surface area contributed by atoms with Gasteiger partial charge in [-0.05, 0) is 31.2 Å². The molecule has 0 aliphatic carbocycles. The zero-order valence-electron chi connectivity index (χ0n) is 11.1. The zero-order valence-corrected chi connectivity index (χ0v) is 11.1. The van der Waals surface area contributed by atoms with Gasteiger partial charge in [-0.25, -0.2) is 0 Å². The summed E-state index contributed by atoms with van der Waals surface area (Å²) in [6.45, 7) is 2.03. The average Bonchev–Trinajstić information content (AvgIpc) is 2.81. The first-order chi connectivity index (χ1) is 9.78. The van der Waals surface area contributed by atoms with Gasteiger partial charge in [-0.3, -0.25) is 4.99 Å². The minimum atomic E-state index is 0.621. The van der Waals surface area contributed by atoms with E-state index in [0.29, 0.717) is 5.56 Å². The number of nitrogens with one attached hydrogen (secondary N) is 1. The van der Waals surface area contributed by atoms with Crippen LogP contribution in [0, 0.1) is 18.3 Å². The average molecular weight is 259 g/mol. The minimum Gasteiger partial charge on any atom is -0.358 e. The molecule has 0 aliphatic heterocycles. The molecule has 0 saturated carbocycles. The third-order valence-corrected chi connectivity index (χ3v) is 3.26. The molecule has 0 atom stereocenters. The summed E-state index contributed by atoms with van der Waals surface area (Å²) in [5.74, 6) is 0. The van der Waals surface area contributed by atoms with Crippen LogP contribution in [-0.2, 0) is 0 Å². The summed E-state index contributed by atoms with van der Waals surface area (Å²) in [7, 11) is 0. The number of aromatic amines is 1. The fourth-order valence-corrected chi connectivity index (χ4v) is 2.26. The van der Waals surface area contributed by atoms with E-state index < -0.39 is 0 Å². The number of nitrogens with zero attached hydrogens (tertiary/aromatic N) is 2. The van der Waals surface area contributed by atoms with Crippen molar-refractivity contribution in [2.75, 3.05) is 0 Å². The first kappa shape index (κ1) is 12.2. The van der Waals surface area contributed by atoms with Crippen LogP contribution in [0.4, 0.5) is 5.69 Å². The molecule has 1 aromatic heterocycles. The van der Waals surface area contributed by atoms with Crippen molar-refractivity contribution in [1.82, 2.24) is 4.98 Å². The van der Waals surface area contributed by atoms with Crippen LogP contribution in [0.15, 0.2) is 53.5 Å². The molecule has 1 heterocycles. The molecule has 0 fully saturated rings. The van der Waals surface area contributed by atoms with E-state index >= 15 is 0 Å². The second-order valence-electron chi connectivity index (χ2n) is 4.63. The van der Waals surface area contributed by atoms with Crippen LogP contribution in [0.5, 0.6) is 0 Å². The lowest BCUT2D eigenvalue weighted by molar-refractivity contribution is 1.29. The number of rotatable bonds is 2. The maximum atomic E-state index is 8.89. The molecule has 20 heavy (non-hydrogen) atoms. The van der Waals surface area contributed by atoms with Gasteiger partial charge < -0.3 is 4.98 Å². The van der Waals surface area contributed by atoms with E-state index in [1.165, 1.54) is 0 Å². The van der Waals surface area contributed by atoms with E-state index in [2.05, 4.69) is 28.2 Å². The number of nitriles is 1. The maximum absolute atomic E-state index is 8.89. The topological polar surface area (TPSA) is 51.9 Å². The standard InChI is InChI=1S/C17H13N3/c1-12-16(15-7-2-3-8-17(15)20-12)11-19-14-6-4-5-13(9-14)10-18/h2-9,11,20H,1H3. The van der Waals surface area contributed by atoms with Crippen molar-refractivity contribution in [3.8, 4) is 6.07 Å². The van der Waals surface area contributed by atoms with Gasteiger partial charge in [0.1, 0.15) is 0 Å². The Labute approximate surface area is 117 Å². The lowest BCUT2D eigenvalue weighted by Gasteiger charge is -1.95. The van der Waals surface area contributed by atoms with Crippen LogP contribution in [0.25, 0.3) is 10.9 Å². The summed E-state index contributed by atoms with van der Waals surface area (Å²) in [6.07, 6.45) is 1.85. The number of hydrogen-bond donors (Lipinski definition) is 1. The summed E-state index contributed by atoms with van der Waals surface area (Å²) in [5.41, 5.74) is 4.69. The number of para-hydroxylation sites is 1. The molecule has 0 saturated heterocycles. The predicted octanol–water partition coefficient (Wildman–Crippen LogP) is 4.10. The van der Waals surface area contributed by atoms with Crippen molar-refractivity contribution in [3.63, 3.8) is 0 Å². The van der Waals surface area contributed by atoms with Gasteiger partial charge in [0.15, 0.2) is 0 Å². The summed E-state index contributed by atoms with van der Waals surface area (Å²) < 4.78 is 0. The molecular formula is C17H13N3. The highest BCUT2D eigenvalue weighted by Crippen LogP contribution is 2.21. The van der Waals surface area contributed by atoms with E-state index in [0.717, 1.165) is 27.8 Å². The van der Waals surface area contributed by atoms with E-state index in [1.54, 1.807) is 12.1 Å². The lowest BCUT2D eigenvalue weighted by Crippen LogP contribution is -1.82. The van der Waals surface area contributed by atoms with Gasteiger partial charge in [-0.1, -0.05) is 24.3 Å². The summed E-state index contributed by atoms with van der Waals surface area (Å²) in [6, 6.07) is 17.6. The number of aliphatic imine (C=N–C) groups is 1. The molecule has 0 unspecified atom stereocenters. The van der Waals surface area contributed by atoms with Gasteiger partial charge in [0.05, 0.1) is 17.3 Å².